The van der Waals surface area contributed by atoms with E-state index >= 15 is 0 Å². The van der Waals surface area contributed by atoms with Crippen molar-refractivity contribution in [2.24, 2.45) is 4.99 Å². The van der Waals surface area contributed by atoms with E-state index in [-0.39, 0.29) is 23.6 Å². The lowest BCUT2D eigenvalue weighted by atomic mass is 10.1. The Hall–Kier alpha value is -2.01. The van der Waals surface area contributed by atoms with Crippen molar-refractivity contribution in [1.82, 2.24) is 10.2 Å². The Morgan fingerprint density at radius 2 is 1.97 bits per heavy atom. The van der Waals surface area contributed by atoms with E-state index in [4.69, 9.17) is 20.5 Å². The Morgan fingerprint density at radius 1 is 1.34 bits per heavy atom. The molecule has 7 nitrogen and oxygen atoms in total. The maximum Gasteiger partial charge on any atom is 0.294 e. The fourth-order valence-corrected chi connectivity index (χ4v) is 4.00. The summed E-state index contributed by atoms with van der Waals surface area (Å²) in [6, 6.07) is 6.66. The van der Waals surface area contributed by atoms with Crippen molar-refractivity contribution in [2.75, 3.05) is 26.2 Å². The van der Waals surface area contributed by atoms with Gasteiger partial charge in [0.2, 0.25) is 12.6 Å². The van der Waals surface area contributed by atoms with Crippen LogP contribution in [0.2, 0.25) is 0 Å². The molecule has 0 aliphatic carbocycles. The Balaban J connectivity index is 2.05. The summed E-state index contributed by atoms with van der Waals surface area (Å²) in [5, 5.41) is 2.57. The third-order valence-corrected chi connectivity index (χ3v) is 9.84. The minimum absolute atomic E-state index is 0.00232. The van der Waals surface area contributed by atoms with E-state index < -0.39 is 40.9 Å². The van der Waals surface area contributed by atoms with Crippen LogP contribution in [0, 0.1) is 0 Å². The number of rotatable bonds is 9. The summed E-state index contributed by atoms with van der Waals surface area (Å²) in [5.74, 6) is -3.32. The van der Waals surface area contributed by atoms with Gasteiger partial charge in [-0.05, 0) is 36.3 Å². The van der Waals surface area contributed by atoms with E-state index in [0.29, 0.717) is 11.4 Å². The molecule has 0 aromatic heterocycles. The van der Waals surface area contributed by atoms with E-state index in [1.165, 1.54) is 13.1 Å². The fraction of sp³-hybridized carbons (Fsp3) is 0.542. The number of amides is 2. The predicted octanol–water partition coefficient (Wildman–Crippen LogP) is 4.70. The van der Waals surface area contributed by atoms with E-state index in [2.05, 4.69) is 10.3 Å². The first-order chi connectivity index (χ1) is 16.2. The summed E-state index contributed by atoms with van der Waals surface area (Å²) < 4.78 is 40.8. The zero-order valence-corrected chi connectivity index (χ0v) is 22.5. The molecule has 1 aromatic rings. The van der Waals surface area contributed by atoms with Crippen molar-refractivity contribution >= 4 is 40.1 Å². The molecular weight excluding hydrogens is 500 g/mol. The van der Waals surface area contributed by atoms with Crippen LogP contribution in [0.3, 0.4) is 0 Å². The molecule has 1 fully saturated rings. The highest BCUT2D eigenvalue weighted by atomic mass is 35.5. The highest BCUT2D eigenvalue weighted by Crippen LogP contribution is 2.54. The van der Waals surface area contributed by atoms with Gasteiger partial charge >= 0.3 is 0 Å². The molecule has 2 atom stereocenters. The molecule has 0 bridgehead atoms. The lowest BCUT2D eigenvalue weighted by molar-refractivity contribution is -0.154. The number of halogens is 3. The van der Waals surface area contributed by atoms with Crippen molar-refractivity contribution < 1.29 is 27.3 Å². The van der Waals surface area contributed by atoms with Crippen LogP contribution in [0.1, 0.15) is 43.1 Å². The number of benzene rings is 1. The summed E-state index contributed by atoms with van der Waals surface area (Å²) in [6.45, 7) is 6.11. The van der Waals surface area contributed by atoms with Crippen LogP contribution in [0.4, 0.5) is 8.78 Å². The first kappa shape index (κ1) is 29.2. The first-order valence-corrected chi connectivity index (χ1v) is 13.9. The van der Waals surface area contributed by atoms with E-state index in [9.17, 15) is 18.4 Å². The van der Waals surface area contributed by atoms with Crippen molar-refractivity contribution in [3.05, 3.63) is 47.7 Å². The van der Waals surface area contributed by atoms with E-state index in [1.807, 2.05) is 33.3 Å². The van der Waals surface area contributed by atoms with Gasteiger partial charge in [-0.2, -0.15) is 0 Å². The predicted molar refractivity (Wildman–Crippen MR) is 137 cm³/mol. The second-order valence-corrected chi connectivity index (χ2v) is 13.7. The van der Waals surface area contributed by atoms with Gasteiger partial charge in [-0.1, -0.05) is 32.9 Å². The number of hydrogen-bond acceptors (Lipinski definition) is 5. The van der Waals surface area contributed by atoms with E-state index in [1.54, 1.807) is 24.3 Å². The number of alkyl halides is 3. The van der Waals surface area contributed by atoms with Crippen molar-refractivity contribution in [3.8, 4) is 0 Å². The van der Waals surface area contributed by atoms with Gasteiger partial charge in [0.25, 0.3) is 11.8 Å². The zero-order valence-electron chi connectivity index (χ0n) is 20.9. The van der Waals surface area contributed by atoms with Crippen LogP contribution in [0.15, 0.2) is 41.5 Å². The number of nitrogens with zero attached hydrogens (tertiary/aromatic N) is 2. The number of hydrogen-bond donors (Lipinski definition) is 1. The largest absolute Gasteiger partial charge is 0.346 e. The van der Waals surface area contributed by atoms with Crippen molar-refractivity contribution in [2.45, 2.75) is 56.1 Å². The van der Waals surface area contributed by atoms with Crippen molar-refractivity contribution in [3.63, 3.8) is 0 Å². The second kappa shape index (κ2) is 11.8. The fourth-order valence-electron chi connectivity index (χ4n) is 2.97. The third-order valence-electron chi connectivity index (χ3n) is 5.86. The molecule has 1 aliphatic rings. The quantitative estimate of drug-likeness (QED) is 0.216. The van der Waals surface area contributed by atoms with Gasteiger partial charge in [-0.3, -0.25) is 19.5 Å². The monoisotopic (exact) mass is 533 g/mol. The Labute approximate surface area is 212 Å². The molecule has 0 spiro atoms. The summed E-state index contributed by atoms with van der Waals surface area (Å²) >= 11 is 5.76. The number of aliphatic imine (C=N–C) groups is 1. The lowest BCUT2D eigenvalue weighted by Gasteiger charge is -2.44. The van der Waals surface area contributed by atoms with Crippen LogP contribution >= 0.6 is 21.9 Å². The minimum Gasteiger partial charge on any atom is -0.346 e. The lowest BCUT2D eigenvalue weighted by Crippen LogP contribution is -2.42. The Morgan fingerprint density at radius 3 is 2.49 bits per heavy atom. The SMILES string of the molecule is CN=C(/C=C\N(C=O)C1OC(COS(C)(C)C(C)(C)C)CC1(F)F)NC(=O)c1ccc(CCl)cc1. The molecule has 1 aromatic carbocycles. The minimum atomic E-state index is -3.28. The molecular formula is C24H34ClF2N3O4S. The van der Waals surface area contributed by atoms with Crippen LogP contribution in [0.25, 0.3) is 0 Å². The summed E-state index contributed by atoms with van der Waals surface area (Å²) in [7, 11) is -0.0879. The molecule has 2 amide bonds. The molecule has 1 saturated heterocycles. The molecule has 2 unspecified atom stereocenters. The molecule has 11 heteroatoms. The number of carbonyl (C=O) groups is 2. The standard InChI is InChI=1S/C24H34ClF2N3O4S/c1-23(2,3)35(5,6)33-15-19-13-24(26,27)22(34-19)30(16-31)12-11-20(28-4)29-21(32)18-9-7-17(14-25)8-10-18/h7-12,16,19,22H,13-15H2,1-6H3,(H,28,29,32)/b12-11-. The smallest absolute Gasteiger partial charge is 0.294 e. The molecule has 0 radical (unpaired) electrons. The topological polar surface area (TPSA) is 80.2 Å². The highest BCUT2D eigenvalue weighted by molar-refractivity contribution is 8.29. The number of nitrogens with one attached hydrogen (secondary N) is 1. The van der Waals surface area contributed by atoms with Gasteiger partial charge in [0, 0.05) is 35.9 Å². The third kappa shape index (κ3) is 7.73. The number of carbonyl (C=O) groups excluding carboxylic acids is 2. The van der Waals surface area contributed by atoms with Crippen LogP contribution < -0.4 is 5.32 Å². The van der Waals surface area contributed by atoms with Crippen molar-refractivity contribution in [1.29, 1.82) is 0 Å². The summed E-state index contributed by atoms with van der Waals surface area (Å²) in [6.07, 6.45) is 3.34. The average molecular weight is 534 g/mol. The summed E-state index contributed by atoms with van der Waals surface area (Å²) in [5.41, 5.74) is 1.23. The Kier molecular flexibility index (Phi) is 9.87. The highest BCUT2D eigenvalue weighted by Gasteiger charge is 2.53. The van der Waals surface area contributed by atoms with Gasteiger partial charge < -0.3 is 14.2 Å². The van der Waals surface area contributed by atoms with Crippen LogP contribution in [-0.2, 0) is 19.6 Å². The second-order valence-electron chi connectivity index (χ2n) is 9.47. The zero-order chi connectivity index (χ0) is 26.4. The van der Waals surface area contributed by atoms with Gasteiger partial charge in [0.15, 0.2) is 0 Å². The Bertz CT molecular complexity index is 949. The molecule has 1 N–H and O–H groups in total. The molecule has 196 valence electrons. The van der Waals surface area contributed by atoms with Gasteiger partial charge in [-0.15, -0.1) is 21.9 Å². The maximum absolute atomic E-state index is 14.7. The number of ether oxygens (including phenoxy) is 1. The average Bonchev–Trinajstić information content (AvgIpc) is 3.10. The van der Waals surface area contributed by atoms with Gasteiger partial charge in [0.05, 0.1) is 12.7 Å². The number of amidine groups is 1. The first-order valence-electron chi connectivity index (χ1n) is 11.0. The van der Waals surface area contributed by atoms with Crippen LogP contribution in [-0.4, -0.2) is 72.2 Å². The summed E-state index contributed by atoms with van der Waals surface area (Å²) in [4.78, 5) is 28.8. The molecule has 35 heavy (non-hydrogen) atoms. The van der Waals surface area contributed by atoms with Gasteiger partial charge in [-0.25, -0.2) is 8.78 Å². The van der Waals surface area contributed by atoms with E-state index in [0.717, 1.165) is 16.7 Å². The van der Waals surface area contributed by atoms with Gasteiger partial charge in [0.1, 0.15) is 5.84 Å². The molecule has 0 saturated carbocycles. The maximum atomic E-state index is 14.7. The molecule has 1 aliphatic heterocycles. The molecule has 2 rings (SSSR count). The van der Waals surface area contributed by atoms with Crippen LogP contribution in [0.5, 0.6) is 0 Å². The normalized spacial score (nSPS) is 21.2. The molecule has 1 heterocycles.